The number of para-hydroxylation sites is 1. The number of hydrogen-bond donors (Lipinski definition) is 0. The van der Waals surface area contributed by atoms with E-state index in [4.69, 9.17) is 18.9 Å². The molecule has 1 aliphatic rings. The zero-order valence-electron chi connectivity index (χ0n) is 21.5. The van der Waals surface area contributed by atoms with Crippen LogP contribution in [-0.2, 0) is 19.1 Å². The molecule has 4 rings (SSSR count). The Morgan fingerprint density at radius 3 is 2.24 bits per heavy atom. The quantitative estimate of drug-likeness (QED) is 0.0964. The fourth-order valence-corrected chi connectivity index (χ4v) is 4.58. The van der Waals surface area contributed by atoms with Crippen LogP contribution in [0, 0.1) is 0 Å². The summed E-state index contributed by atoms with van der Waals surface area (Å²) < 4.78 is 21.5. The number of fused-ring (bicyclic) bond motifs is 3. The molecule has 0 saturated heterocycles. The Morgan fingerprint density at radius 2 is 1.50 bits per heavy atom. The summed E-state index contributed by atoms with van der Waals surface area (Å²) in [5.74, 6) is 0.130. The van der Waals surface area contributed by atoms with Crippen LogP contribution in [0.5, 0.6) is 11.5 Å². The minimum Gasteiger partial charge on any atom is -0.463 e. The van der Waals surface area contributed by atoms with Crippen LogP contribution in [0.3, 0.4) is 0 Å². The lowest BCUT2D eigenvalue weighted by Gasteiger charge is -2.17. The van der Waals surface area contributed by atoms with Gasteiger partial charge in [-0.05, 0) is 53.3 Å². The largest absolute Gasteiger partial charge is 0.513 e. The molecule has 0 bridgehead atoms. The Bertz CT molecular complexity index is 1360. The van der Waals surface area contributed by atoms with Gasteiger partial charge in [-0.3, -0.25) is 4.79 Å². The molecule has 0 aliphatic heterocycles. The molecule has 0 fully saturated rings. The average Bonchev–Trinajstić information content (AvgIpc) is 3.24. The zero-order valence-corrected chi connectivity index (χ0v) is 21.5. The third-order valence-corrected chi connectivity index (χ3v) is 6.39. The normalized spacial score (nSPS) is 13.2. The second-order valence-electron chi connectivity index (χ2n) is 8.81. The summed E-state index contributed by atoms with van der Waals surface area (Å²) in [6, 6.07) is 19.1. The van der Waals surface area contributed by atoms with E-state index < -0.39 is 12.1 Å². The highest BCUT2D eigenvalue weighted by molar-refractivity contribution is 5.95. The average molecular weight is 515 g/mol. The first-order chi connectivity index (χ1) is 18.4. The van der Waals surface area contributed by atoms with Crippen LogP contribution in [0.1, 0.15) is 50.2 Å². The predicted octanol–water partition coefficient (Wildman–Crippen LogP) is 6.83. The maximum absolute atomic E-state index is 12.5. The number of hydrogen-bond acceptors (Lipinski definition) is 7. The van der Waals surface area contributed by atoms with E-state index in [1.54, 1.807) is 25.1 Å². The smallest absolute Gasteiger partial charge is 0.463 e. The number of carbonyl (C=O) groups is 3. The Kier molecular flexibility index (Phi) is 8.58. The second kappa shape index (κ2) is 12.2. The van der Waals surface area contributed by atoms with E-state index in [1.807, 2.05) is 30.3 Å². The van der Waals surface area contributed by atoms with Crippen LogP contribution >= 0.6 is 0 Å². The molecule has 7 nitrogen and oxygen atoms in total. The molecule has 0 saturated carbocycles. The van der Waals surface area contributed by atoms with Crippen molar-refractivity contribution >= 4 is 18.1 Å². The van der Waals surface area contributed by atoms with Gasteiger partial charge >= 0.3 is 18.1 Å². The Balaban J connectivity index is 1.58. The molecule has 0 amide bonds. The van der Waals surface area contributed by atoms with Gasteiger partial charge in [0.15, 0.2) is 0 Å². The fourth-order valence-electron chi connectivity index (χ4n) is 4.58. The van der Waals surface area contributed by atoms with Crippen molar-refractivity contribution in [3.8, 4) is 33.8 Å². The molecule has 0 radical (unpaired) electrons. The van der Waals surface area contributed by atoms with Crippen LogP contribution in [0.25, 0.3) is 22.3 Å². The monoisotopic (exact) mass is 514 g/mol. The highest BCUT2D eigenvalue weighted by Crippen LogP contribution is 2.53. The van der Waals surface area contributed by atoms with E-state index in [0.717, 1.165) is 33.9 Å². The van der Waals surface area contributed by atoms with E-state index in [0.29, 0.717) is 29.9 Å². The molecule has 1 unspecified atom stereocenters. The lowest BCUT2D eigenvalue weighted by Crippen LogP contribution is -2.13. The van der Waals surface area contributed by atoms with Crippen LogP contribution in [-0.4, -0.2) is 31.3 Å². The van der Waals surface area contributed by atoms with Crippen molar-refractivity contribution < 1.29 is 33.3 Å². The highest BCUT2D eigenvalue weighted by Gasteiger charge is 2.32. The van der Waals surface area contributed by atoms with Crippen molar-refractivity contribution in [1.29, 1.82) is 0 Å². The van der Waals surface area contributed by atoms with E-state index in [2.05, 4.69) is 25.6 Å². The number of carbonyl (C=O) groups excluding carboxylic acids is 3. The van der Waals surface area contributed by atoms with E-state index in [9.17, 15) is 14.4 Å². The van der Waals surface area contributed by atoms with Crippen LogP contribution < -0.4 is 9.47 Å². The lowest BCUT2D eigenvalue weighted by molar-refractivity contribution is -0.138. The molecule has 0 heterocycles. The van der Waals surface area contributed by atoms with E-state index in [-0.39, 0.29) is 31.5 Å². The maximum Gasteiger partial charge on any atom is 0.513 e. The standard InChI is InChI=1S/C31H30O7/c1-4-27(32)35-18-10-11-19-36-31(34)38-25-15-9-8-13-22(25)24-16-17-26(37-28(33)5-2)29-20(3)21-12-6-7-14-23(21)30(24)29/h4,6-9,12-17,20H,1,5,10-11,18-19H2,2-3H3. The second-order valence-corrected chi connectivity index (χ2v) is 8.81. The molecular formula is C31H30O7. The summed E-state index contributed by atoms with van der Waals surface area (Å²) in [5.41, 5.74) is 5.65. The number of esters is 2. The molecule has 0 aromatic heterocycles. The van der Waals surface area contributed by atoms with Crippen molar-refractivity contribution in [1.82, 2.24) is 0 Å². The number of rotatable bonds is 10. The maximum atomic E-state index is 12.5. The van der Waals surface area contributed by atoms with Gasteiger partial charge in [0.25, 0.3) is 0 Å². The van der Waals surface area contributed by atoms with E-state index >= 15 is 0 Å². The highest BCUT2D eigenvalue weighted by atomic mass is 16.7. The van der Waals surface area contributed by atoms with Crippen LogP contribution in [0.15, 0.2) is 73.3 Å². The summed E-state index contributed by atoms with van der Waals surface area (Å²) in [6.45, 7) is 7.55. The molecule has 196 valence electrons. The fraction of sp³-hybridized carbons (Fsp3) is 0.258. The predicted molar refractivity (Wildman–Crippen MR) is 143 cm³/mol. The SMILES string of the molecule is C=CC(=O)OCCCCOC(=O)Oc1ccccc1-c1ccc(OC(=O)CC)c2c1-c1ccccc1C2C. The summed E-state index contributed by atoms with van der Waals surface area (Å²) in [6.07, 6.45) is 1.62. The van der Waals surface area contributed by atoms with Crippen molar-refractivity contribution in [2.45, 2.75) is 39.0 Å². The van der Waals surface area contributed by atoms with Gasteiger partial charge in [-0.25, -0.2) is 9.59 Å². The lowest BCUT2D eigenvalue weighted by atomic mass is 9.92. The van der Waals surface area contributed by atoms with Crippen LogP contribution in [0.4, 0.5) is 4.79 Å². The molecule has 7 heteroatoms. The van der Waals surface area contributed by atoms with Crippen molar-refractivity contribution in [2.75, 3.05) is 13.2 Å². The van der Waals surface area contributed by atoms with Gasteiger partial charge in [0.2, 0.25) is 0 Å². The Hall–Kier alpha value is -4.39. The van der Waals surface area contributed by atoms with Gasteiger partial charge in [-0.1, -0.05) is 62.9 Å². The summed E-state index contributed by atoms with van der Waals surface area (Å²) in [4.78, 5) is 35.7. The first-order valence-electron chi connectivity index (χ1n) is 12.6. The topological polar surface area (TPSA) is 88.1 Å². The van der Waals surface area contributed by atoms with Crippen molar-refractivity contribution in [3.63, 3.8) is 0 Å². The first-order valence-corrected chi connectivity index (χ1v) is 12.6. The number of ether oxygens (including phenoxy) is 4. The van der Waals surface area contributed by atoms with Crippen molar-refractivity contribution in [3.05, 3.63) is 84.4 Å². The number of benzene rings is 3. The molecule has 38 heavy (non-hydrogen) atoms. The molecule has 1 atom stereocenters. The van der Waals surface area contributed by atoms with Crippen LogP contribution in [0.2, 0.25) is 0 Å². The molecule has 0 spiro atoms. The van der Waals surface area contributed by atoms with Gasteiger partial charge < -0.3 is 18.9 Å². The molecular weight excluding hydrogens is 484 g/mol. The van der Waals surface area contributed by atoms with E-state index in [1.165, 1.54) is 0 Å². The molecule has 0 N–H and O–H groups in total. The third kappa shape index (κ3) is 5.78. The summed E-state index contributed by atoms with van der Waals surface area (Å²) in [5, 5.41) is 0. The molecule has 3 aromatic carbocycles. The summed E-state index contributed by atoms with van der Waals surface area (Å²) in [7, 11) is 0. The first kappa shape index (κ1) is 26.7. The van der Waals surface area contributed by atoms with Gasteiger partial charge in [0.1, 0.15) is 11.5 Å². The van der Waals surface area contributed by atoms with Gasteiger partial charge in [-0.15, -0.1) is 0 Å². The third-order valence-electron chi connectivity index (χ3n) is 6.39. The molecule has 3 aromatic rings. The minimum absolute atomic E-state index is 0.0182. The van der Waals surface area contributed by atoms with Gasteiger partial charge in [0.05, 0.1) is 13.2 Å². The molecule has 1 aliphatic carbocycles. The Labute approximate surface area is 222 Å². The minimum atomic E-state index is -0.820. The Morgan fingerprint density at radius 1 is 0.816 bits per heavy atom. The van der Waals surface area contributed by atoms with Gasteiger partial charge in [0, 0.05) is 29.5 Å². The van der Waals surface area contributed by atoms with Gasteiger partial charge in [-0.2, -0.15) is 0 Å². The zero-order chi connectivity index (χ0) is 27.1. The summed E-state index contributed by atoms with van der Waals surface area (Å²) >= 11 is 0. The van der Waals surface area contributed by atoms with Crippen molar-refractivity contribution in [2.24, 2.45) is 0 Å². The number of unbranched alkanes of at least 4 members (excludes halogenated alkanes) is 1.